The molecule has 90 valence electrons. The summed E-state index contributed by atoms with van der Waals surface area (Å²) in [6.07, 6.45) is 0.336. The summed E-state index contributed by atoms with van der Waals surface area (Å²) in [5, 5.41) is 0.151. The number of nitrogens with one attached hydrogen (secondary N) is 1. The van der Waals surface area contributed by atoms with Gasteiger partial charge in [0, 0.05) is 0 Å². The lowest BCUT2D eigenvalue weighted by Crippen LogP contribution is -2.19. The lowest BCUT2D eigenvalue weighted by atomic mass is 10.3. The van der Waals surface area contributed by atoms with E-state index >= 15 is 0 Å². The first kappa shape index (κ1) is 13.2. The van der Waals surface area contributed by atoms with Crippen molar-refractivity contribution in [3.8, 4) is 0 Å². The highest BCUT2D eigenvalue weighted by Gasteiger charge is 2.12. The Bertz CT molecular complexity index is 465. The first-order valence-corrected chi connectivity index (χ1v) is 6.63. The highest BCUT2D eigenvalue weighted by atomic mass is 35.5. The van der Waals surface area contributed by atoms with Gasteiger partial charge in [-0.1, -0.05) is 11.6 Å². The second-order valence-corrected chi connectivity index (χ2v) is 5.44. The molecule has 0 spiro atoms. The van der Waals surface area contributed by atoms with Crippen molar-refractivity contribution in [1.82, 2.24) is 0 Å². The summed E-state index contributed by atoms with van der Waals surface area (Å²) in [5.41, 5.74) is 5.25. The molecule has 7 heteroatoms. The van der Waals surface area contributed by atoms with Crippen LogP contribution in [-0.4, -0.2) is 20.7 Å². The van der Waals surface area contributed by atoms with E-state index in [0.717, 1.165) is 12.1 Å². The minimum Gasteiger partial charge on any atom is -0.330 e. The van der Waals surface area contributed by atoms with Crippen LogP contribution in [0.5, 0.6) is 0 Å². The average molecular weight is 267 g/mol. The Kier molecular flexibility index (Phi) is 4.52. The topological polar surface area (TPSA) is 72.2 Å². The van der Waals surface area contributed by atoms with Crippen LogP contribution in [0.15, 0.2) is 18.2 Å². The van der Waals surface area contributed by atoms with Crippen LogP contribution in [0.4, 0.5) is 10.1 Å². The Morgan fingerprint density at radius 1 is 1.44 bits per heavy atom. The van der Waals surface area contributed by atoms with Crippen molar-refractivity contribution in [3.63, 3.8) is 0 Å². The van der Waals surface area contributed by atoms with E-state index in [1.807, 2.05) is 0 Å². The van der Waals surface area contributed by atoms with Crippen LogP contribution in [-0.2, 0) is 10.0 Å². The first-order valence-electron chi connectivity index (χ1n) is 4.60. The lowest BCUT2D eigenvalue weighted by molar-refractivity contribution is 0.598. The molecule has 0 unspecified atom stereocenters. The summed E-state index contributed by atoms with van der Waals surface area (Å²) in [6.45, 7) is 0.276. The molecule has 16 heavy (non-hydrogen) atoms. The molecule has 1 aromatic rings. The molecule has 0 fully saturated rings. The normalized spacial score (nSPS) is 11.4. The molecule has 1 aromatic carbocycles. The van der Waals surface area contributed by atoms with Gasteiger partial charge in [0.25, 0.3) is 0 Å². The quantitative estimate of drug-likeness (QED) is 0.850. The van der Waals surface area contributed by atoms with E-state index in [0.29, 0.717) is 6.42 Å². The Morgan fingerprint density at radius 3 is 2.75 bits per heavy atom. The van der Waals surface area contributed by atoms with Gasteiger partial charge in [0.2, 0.25) is 10.0 Å². The van der Waals surface area contributed by atoms with Gasteiger partial charge in [0.1, 0.15) is 5.82 Å². The molecule has 0 radical (unpaired) electrons. The van der Waals surface area contributed by atoms with Gasteiger partial charge in [0.05, 0.1) is 16.5 Å². The van der Waals surface area contributed by atoms with Crippen LogP contribution in [0, 0.1) is 5.82 Å². The van der Waals surface area contributed by atoms with Crippen molar-refractivity contribution in [2.75, 3.05) is 17.0 Å². The Morgan fingerprint density at radius 2 is 2.12 bits per heavy atom. The standard InChI is InChI=1S/C9H12ClFN2O2S/c10-8-3-2-7(11)6-9(8)13-16(14,15)5-1-4-12/h2-3,6,13H,1,4-5,12H2. The van der Waals surface area contributed by atoms with Crippen LogP contribution in [0.25, 0.3) is 0 Å². The second-order valence-electron chi connectivity index (χ2n) is 3.19. The number of anilines is 1. The van der Waals surface area contributed by atoms with Gasteiger partial charge in [-0.25, -0.2) is 12.8 Å². The molecular formula is C9H12ClFN2O2S. The van der Waals surface area contributed by atoms with E-state index in [1.165, 1.54) is 6.07 Å². The molecule has 0 aromatic heterocycles. The highest BCUT2D eigenvalue weighted by molar-refractivity contribution is 7.92. The molecule has 0 aliphatic heterocycles. The molecular weight excluding hydrogens is 255 g/mol. The molecule has 4 nitrogen and oxygen atoms in total. The monoisotopic (exact) mass is 266 g/mol. The lowest BCUT2D eigenvalue weighted by Gasteiger charge is -2.08. The molecule has 1 rings (SSSR count). The van der Waals surface area contributed by atoms with Crippen molar-refractivity contribution in [2.24, 2.45) is 5.73 Å². The van der Waals surface area contributed by atoms with Gasteiger partial charge in [-0.15, -0.1) is 0 Å². The number of benzene rings is 1. The van der Waals surface area contributed by atoms with Crippen LogP contribution in [0.1, 0.15) is 6.42 Å². The minimum absolute atomic E-state index is 0.0405. The highest BCUT2D eigenvalue weighted by Crippen LogP contribution is 2.23. The Labute approximate surface area is 98.6 Å². The van der Waals surface area contributed by atoms with Gasteiger partial charge < -0.3 is 5.73 Å². The van der Waals surface area contributed by atoms with Gasteiger partial charge in [-0.05, 0) is 31.2 Å². The summed E-state index contributed by atoms with van der Waals surface area (Å²) in [7, 11) is -3.52. The number of hydrogen-bond donors (Lipinski definition) is 2. The number of hydrogen-bond acceptors (Lipinski definition) is 3. The van der Waals surface area contributed by atoms with Crippen molar-refractivity contribution >= 4 is 27.3 Å². The number of halogens is 2. The number of sulfonamides is 1. The van der Waals surface area contributed by atoms with Crippen LogP contribution >= 0.6 is 11.6 Å². The minimum atomic E-state index is -3.52. The molecule has 0 aliphatic rings. The smallest absolute Gasteiger partial charge is 0.232 e. The van der Waals surface area contributed by atoms with E-state index < -0.39 is 15.8 Å². The zero-order valence-electron chi connectivity index (χ0n) is 8.41. The average Bonchev–Trinajstić information content (AvgIpc) is 2.20. The second kappa shape index (κ2) is 5.47. The maximum Gasteiger partial charge on any atom is 0.232 e. The maximum absolute atomic E-state index is 12.9. The third-order valence-corrected chi connectivity index (χ3v) is 3.50. The Balaban J connectivity index is 2.83. The number of nitrogens with two attached hydrogens (primary N) is 1. The van der Waals surface area contributed by atoms with E-state index in [9.17, 15) is 12.8 Å². The molecule has 0 heterocycles. The predicted molar refractivity (Wildman–Crippen MR) is 62.5 cm³/mol. The summed E-state index contributed by atoms with van der Waals surface area (Å²) in [5.74, 6) is -0.669. The maximum atomic E-state index is 12.9. The van der Waals surface area contributed by atoms with E-state index in [-0.39, 0.29) is 23.0 Å². The van der Waals surface area contributed by atoms with Crippen molar-refractivity contribution in [2.45, 2.75) is 6.42 Å². The van der Waals surface area contributed by atoms with Crippen LogP contribution in [0.2, 0.25) is 5.02 Å². The molecule has 0 saturated heterocycles. The summed E-state index contributed by atoms with van der Waals surface area (Å²) < 4.78 is 38.0. The summed E-state index contributed by atoms with van der Waals surface area (Å²) in [4.78, 5) is 0. The molecule has 0 aliphatic carbocycles. The number of rotatable bonds is 5. The van der Waals surface area contributed by atoms with E-state index in [1.54, 1.807) is 0 Å². The predicted octanol–water partition coefficient (Wildman–Crippen LogP) is 1.57. The fraction of sp³-hybridized carbons (Fsp3) is 0.333. The molecule has 0 atom stereocenters. The zero-order valence-corrected chi connectivity index (χ0v) is 9.98. The van der Waals surface area contributed by atoms with Gasteiger partial charge in [0.15, 0.2) is 0 Å². The third-order valence-electron chi connectivity index (χ3n) is 1.81. The van der Waals surface area contributed by atoms with Crippen LogP contribution in [0.3, 0.4) is 0 Å². The van der Waals surface area contributed by atoms with Gasteiger partial charge in [-0.3, -0.25) is 4.72 Å². The van der Waals surface area contributed by atoms with Crippen molar-refractivity contribution < 1.29 is 12.8 Å². The van der Waals surface area contributed by atoms with Gasteiger partial charge >= 0.3 is 0 Å². The molecule has 0 saturated carbocycles. The Hall–Kier alpha value is -0.850. The van der Waals surface area contributed by atoms with Crippen molar-refractivity contribution in [3.05, 3.63) is 29.0 Å². The van der Waals surface area contributed by atoms with E-state index in [2.05, 4.69) is 4.72 Å². The van der Waals surface area contributed by atoms with Gasteiger partial charge in [-0.2, -0.15) is 0 Å². The zero-order chi connectivity index (χ0) is 12.2. The largest absolute Gasteiger partial charge is 0.330 e. The first-order chi connectivity index (χ1) is 7.44. The van der Waals surface area contributed by atoms with Crippen LogP contribution < -0.4 is 10.5 Å². The van der Waals surface area contributed by atoms with Crippen molar-refractivity contribution in [1.29, 1.82) is 0 Å². The summed E-state index contributed by atoms with van der Waals surface area (Å²) in [6, 6.07) is 3.47. The fourth-order valence-corrected chi connectivity index (χ4v) is 2.44. The fourth-order valence-electron chi connectivity index (χ4n) is 1.07. The molecule has 0 bridgehead atoms. The van der Waals surface area contributed by atoms with E-state index in [4.69, 9.17) is 17.3 Å². The summed E-state index contributed by atoms with van der Waals surface area (Å²) >= 11 is 5.72. The molecule has 3 N–H and O–H groups in total. The third kappa shape index (κ3) is 3.96. The molecule has 0 amide bonds. The SMILES string of the molecule is NCCCS(=O)(=O)Nc1cc(F)ccc1Cl.